The monoisotopic (exact) mass is 526 g/mol. The average molecular weight is 527 g/mol. The molecule has 1 aliphatic heterocycles. The Morgan fingerprint density at radius 1 is 1.21 bits per heavy atom. The molecule has 4 fully saturated rings. The SMILES string of the molecule is CCCCc1ccc(C(=O)C[C@H](C(=O)N[C@@H](CC(C)C)B2O[C@@H]3C[C@H]4C[C@H](C4(C)C)[C@]3(C)O2)[C@@H](C)O)nc1. The van der Waals surface area contributed by atoms with E-state index in [2.05, 4.69) is 51.8 Å². The molecule has 0 spiro atoms. The van der Waals surface area contributed by atoms with Crippen molar-refractivity contribution < 1.29 is 24.0 Å². The van der Waals surface area contributed by atoms with Gasteiger partial charge in [0.2, 0.25) is 5.91 Å². The Kier molecular flexibility index (Phi) is 8.75. The van der Waals surface area contributed by atoms with Crippen molar-refractivity contribution in [2.75, 3.05) is 0 Å². The van der Waals surface area contributed by atoms with Gasteiger partial charge in [0.15, 0.2) is 5.78 Å². The fourth-order valence-electron chi connectivity index (χ4n) is 7.01. The number of aryl methyl sites for hydroxylation is 1. The Morgan fingerprint density at radius 3 is 2.53 bits per heavy atom. The van der Waals surface area contributed by atoms with E-state index in [4.69, 9.17) is 9.31 Å². The van der Waals surface area contributed by atoms with Crippen LogP contribution in [0.25, 0.3) is 0 Å². The zero-order valence-corrected chi connectivity index (χ0v) is 24.3. The van der Waals surface area contributed by atoms with Crippen LogP contribution >= 0.6 is 0 Å². The topological polar surface area (TPSA) is 97.8 Å². The zero-order valence-electron chi connectivity index (χ0n) is 24.3. The molecule has 7 nitrogen and oxygen atoms in total. The summed E-state index contributed by atoms with van der Waals surface area (Å²) in [4.78, 5) is 30.8. The van der Waals surface area contributed by atoms with Crippen molar-refractivity contribution in [2.45, 2.75) is 117 Å². The van der Waals surface area contributed by atoms with Gasteiger partial charge in [-0.25, -0.2) is 0 Å². The molecule has 2 N–H and O–H groups in total. The molecular formula is C30H47BN2O5. The number of aliphatic hydroxyl groups excluding tert-OH is 1. The summed E-state index contributed by atoms with van der Waals surface area (Å²) < 4.78 is 13.1. The second kappa shape index (κ2) is 11.4. The van der Waals surface area contributed by atoms with E-state index in [0.717, 1.165) is 37.7 Å². The molecule has 210 valence electrons. The molecule has 2 bridgehead atoms. The summed E-state index contributed by atoms with van der Waals surface area (Å²) in [6.07, 6.45) is 6.59. The molecular weight excluding hydrogens is 479 g/mol. The number of carbonyl (C=O) groups excluding carboxylic acids is 2. The molecule has 0 aromatic carbocycles. The van der Waals surface area contributed by atoms with Crippen LogP contribution in [-0.4, -0.2) is 52.6 Å². The molecule has 5 rings (SSSR count). The lowest BCUT2D eigenvalue weighted by molar-refractivity contribution is -0.199. The predicted molar refractivity (Wildman–Crippen MR) is 148 cm³/mol. The van der Waals surface area contributed by atoms with Crippen molar-refractivity contribution in [1.29, 1.82) is 0 Å². The van der Waals surface area contributed by atoms with Gasteiger partial charge in [-0.3, -0.25) is 14.6 Å². The van der Waals surface area contributed by atoms with E-state index in [1.807, 2.05) is 6.07 Å². The average Bonchev–Trinajstić information content (AvgIpc) is 3.22. The predicted octanol–water partition coefficient (Wildman–Crippen LogP) is 4.79. The summed E-state index contributed by atoms with van der Waals surface area (Å²) in [5, 5.41) is 13.6. The fourth-order valence-corrected chi connectivity index (χ4v) is 7.01. The van der Waals surface area contributed by atoms with Crippen LogP contribution in [-0.2, 0) is 20.5 Å². The fraction of sp³-hybridized carbons (Fsp3) is 0.767. The second-order valence-electron chi connectivity index (χ2n) is 13.2. The highest BCUT2D eigenvalue weighted by Crippen LogP contribution is 2.65. The highest BCUT2D eigenvalue weighted by molar-refractivity contribution is 6.47. The summed E-state index contributed by atoms with van der Waals surface area (Å²) in [7, 11) is -0.547. The summed E-state index contributed by atoms with van der Waals surface area (Å²) in [5.41, 5.74) is 1.29. The number of carbonyl (C=O) groups is 2. The van der Waals surface area contributed by atoms with Crippen LogP contribution in [0.15, 0.2) is 18.3 Å². The van der Waals surface area contributed by atoms with Crippen LogP contribution in [0, 0.1) is 29.1 Å². The zero-order chi connectivity index (χ0) is 27.8. The van der Waals surface area contributed by atoms with Crippen molar-refractivity contribution in [3.63, 3.8) is 0 Å². The minimum Gasteiger partial charge on any atom is -0.404 e. The number of nitrogens with one attached hydrogen (secondary N) is 1. The number of ketones is 1. The van der Waals surface area contributed by atoms with Gasteiger partial charge in [0.05, 0.1) is 29.7 Å². The summed E-state index contributed by atoms with van der Waals surface area (Å²) in [5.74, 6) is -0.468. The number of Topliss-reactive ketones (excluding diaryl/α,β-unsaturated/α-hetero) is 1. The Hall–Kier alpha value is -1.77. The maximum atomic E-state index is 13.5. The molecule has 7 atom stereocenters. The number of nitrogens with zero attached hydrogens (tertiary/aromatic N) is 1. The van der Waals surface area contributed by atoms with Gasteiger partial charge in [-0.1, -0.05) is 47.1 Å². The van der Waals surface area contributed by atoms with Crippen LogP contribution in [0.4, 0.5) is 0 Å². The highest BCUT2D eigenvalue weighted by Gasteiger charge is 2.68. The number of unbranched alkanes of at least 4 members (excludes halogenated alkanes) is 1. The van der Waals surface area contributed by atoms with Crippen molar-refractivity contribution >= 4 is 18.8 Å². The van der Waals surface area contributed by atoms with E-state index < -0.39 is 19.1 Å². The van der Waals surface area contributed by atoms with Crippen LogP contribution in [0.5, 0.6) is 0 Å². The molecule has 0 unspecified atom stereocenters. The Bertz CT molecular complexity index is 997. The van der Waals surface area contributed by atoms with E-state index in [9.17, 15) is 14.7 Å². The maximum Gasteiger partial charge on any atom is 0.481 e. The second-order valence-corrected chi connectivity index (χ2v) is 13.2. The van der Waals surface area contributed by atoms with Gasteiger partial charge in [0, 0.05) is 12.6 Å². The third kappa shape index (κ3) is 5.73. The first kappa shape index (κ1) is 29.2. The molecule has 2 heterocycles. The summed E-state index contributed by atoms with van der Waals surface area (Å²) in [6.45, 7) is 14.7. The molecule has 1 aromatic rings. The first-order valence-electron chi connectivity index (χ1n) is 14.7. The van der Waals surface area contributed by atoms with Crippen molar-refractivity contribution in [2.24, 2.45) is 29.1 Å². The van der Waals surface area contributed by atoms with Crippen molar-refractivity contribution in [3.8, 4) is 0 Å². The number of hydrogen-bond donors (Lipinski definition) is 2. The molecule has 4 aliphatic rings. The summed E-state index contributed by atoms with van der Waals surface area (Å²) in [6, 6.07) is 3.65. The highest BCUT2D eigenvalue weighted by atomic mass is 16.7. The number of hydrogen-bond acceptors (Lipinski definition) is 6. The van der Waals surface area contributed by atoms with Crippen LogP contribution in [0.2, 0.25) is 0 Å². The molecule has 1 amide bonds. The van der Waals surface area contributed by atoms with Crippen molar-refractivity contribution in [3.05, 3.63) is 29.6 Å². The molecule has 1 saturated heterocycles. The third-order valence-electron chi connectivity index (χ3n) is 9.60. The van der Waals surface area contributed by atoms with Gasteiger partial charge < -0.3 is 19.7 Å². The largest absolute Gasteiger partial charge is 0.481 e. The molecule has 38 heavy (non-hydrogen) atoms. The summed E-state index contributed by atoms with van der Waals surface area (Å²) >= 11 is 0. The van der Waals surface area contributed by atoms with Gasteiger partial charge in [-0.05, 0) is 80.8 Å². The molecule has 8 heteroatoms. The first-order chi connectivity index (χ1) is 17.9. The third-order valence-corrected chi connectivity index (χ3v) is 9.60. The molecule has 3 aliphatic carbocycles. The van der Waals surface area contributed by atoms with Gasteiger partial charge >= 0.3 is 7.12 Å². The Balaban J connectivity index is 1.43. The number of aromatic nitrogens is 1. The minimum absolute atomic E-state index is 0.0244. The minimum atomic E-state index is -0.985. The van der Waals surface area contributed by atoms with E-state index in [1.54, 1.807) is 19.2 Å². The Morgan fingerprint density at radius 2 is 1.95 bits per heavy atom. The maximum absolute atomic E-state index is 13.5. The molecule has 1 aromatic heterocycles. The van der Waals surface area contributed by atoms with Crippen LogP contribution in [0.1, 0.15) is 103 Å². The smallest absolute Gasteiger partial charge is 0.404 e. The van der Waals surface area contributed by atoms with Crippen LogP contribution in [0.3, 0.4) is 0 Å². The normalized spacial score (nSPS) is 29.8. The number of aliphatic hydroxyl groups is 1. The lowest BCUT2D eigenvalue weighted by Gasteiger charge is -2.64. The van der Waals surface area contributed by atoms with E-state index in [1.165, 1.54) is 0 Å². The van der Waals surface area contributed by atoms with Crippen LogP contribution < -0.4 is 5.32 Å². The molecule has 0 radical (unpaired) electrons. The number of rotatable bonds is 12. The van der Waals surface area contributed by atoms with E-state index in [0.29, 0.717) is 29.9 Å². The Labute approximate surface area is 229 Å². The molecule has 3 saturated carbocycles. The number of pyridine rings is 1. The van der Waals surface area contributed by atoms with Gasteiger partial charge in [0.25, 0.3) is 0 Å². The quantitative estimate of drug-likeness (QED) is 0.300. The van der Waals surface area contributed by atoms with Gasteiger partial charge in [0.1, 0.15) is 5.69 Å². The lowest BCUT2D eigenvalue weighted by atomic mass is 9.43. The lowest BCUT2D eigenvalue weighted by Crippen LogP contribution is -2.65. The van der Waals surface area contributed by atoms with Gasteiger partial charge in [-0.15, -0.1) is 0 Å². The standard InChI is InChI=1S/C30H47BN2O5/c1-8-9-10-20-11-12-23(32-17-20)24(35)16-22(19(4)34)28(36)33-27(13-18(2)3)31-37-26-15-21-14-25(29(21,5)6)30(26,7)38-31/h11-12,17-19,21-22,25-27,34H,8-10,13-16H2,1-7H3,(H,33,36)/t19-,21-,22+,25-,26-,27+,30+/m1/s1. The number of amides is 1. The van der Waals surface area contributed by atoms with Gasteiger partial charge in [-0.2, -0.15) is 0 Å². The van der Waals surface area contributed by atoms with E-state index in [-0.39, 0.29) is 41.2 Å². The first-order valence-corrected chi connectivity index (χ1v) is 14.7. The van der Waals surface area contributed by atoms with Crippen molar-refractivity contribution in [1.82, 2.24) is 10.3 Å². The van der Waals surface area contributed by atoms with E-state index >= 15 is 0 Å².